The van der Waals surface area contributed by atoms with Gasteiger partial charge in [-0.05, 0) is 54.7 Å². The average molecular weight is 473 g/mol. The van der Waals surface area contributed by atoms with Crippen LogP contribution in [0.2, 0.25) is 5.02 Å². The predicted molar refractivity (Wildman–Crippen MR) is 117 cm³/mol. The SMILES string of the molecule is N=C(c1c(F)cc(C(=O)O)cc1F)c1c(F)cccc1NC(=O)c1c(Cl)cccc1C1CC1. The van der Waals surface area contributed by atoms with Crippen LogP contribution >= 0.6 is 11.6 Å². The number of hydrogen-bond acceptors (Lipinski definition) is 3. The van der Waals surface area contributed by atoms with Gasteiger partial charge in [0.1, 0.15) is 17.5 Å². The quantitative estimate of drug-likeness (QED) is 0.384. The van der Waals surface area contributed by atoms with E-state index in [1.54, 1.807) is 18.2 Å². The van der Waals surface area contributed by atoms with Crippen molar-refractivity contribution in [1.29, 1.82) is 5.41 Å². The fourth-order valence-corrected chi connectivity index (χ4v) is 3.91. The molecule has 5 nitrogen and oxygen atoms in total. The van der Waals surface area contributed by atoms with E-state index in [0.717, 1.165) is 24.5 Å². The summed E-state index contributed by atoms with van der Waals surface area (Å²) in [5.74, 6) is -5.72. The van der Waals surface area contributed by atoms with Crippen molar-refractivity contribution in [2.24, 2.45) is 0 Å². The molecule has 1 amide bonds. The Morgan fingerprint density at radius 1 is 0.939 bits per heavy atom. The molecule has 0 radical (unpaired) electrons. The predicted octanol–water partition coefficient (Wildman–Crippen LogP) is 6.00. The first-order valence-electron chi connectivity index (χ1n) is 9.89. The van der Waals surface area contributed by atoms with Crippen molar-refractivity contribution in [1.82, 2.24) is 0 Å². The largest absolute Gasteiger partial charge is 0.478 e. The van der Waals surface area contributed by atoms with Crippen LogP contribution in [0, 0.1) is 22.9 Å². The number of halogens is 4. The number of carbonyl (C=O) groups excluding carboxylic acids is 1. The van der Waals surface area contributed by atoms with Gasteiger partial charge in [-0.1, -0.05) is 29.8 Å². The van der Waals surface area contributed by atoms with Gasteiger partial charge in [-0.2, -0.15) is 0 Å². The second-order valence-corrected chi connectivity index (χ2v) is 8.00. The molecule has 3 N–H and O–H groups in total. The van der Waals surface area contributed by atoms with Gasteiger partial charge in [0.15, 0.2) is 0 Å². The Bertz CT molecular complexity index is 1300. The Hall–Kier alpha value is -3.65. The first-order chi connectivity index (χ1) is 15.7. The molecule has 0 aliphatic heterocycles. The van der Waals surface area contributed by atoms with E-state index in [0.29, 0.717) is 12.1 Å². The lowest BCUT2D eigenvalue weighted by Crippen LogP contribution is -2.19. The molecule has 33 heavy (non-hydrogen) atoms. The molecule has 3 aromatic carbocycles. The lowest BCUT2D eigenvalue weighted by atomic mass is 9.97. The Kier molecular flexibility index (Phi) is 5.95. The second kappa shape index (κ2) is 8.71. The van der Waals surface area contributed by atoms with Crippen molar-refractivity contribution in [3.63, 3.8) is 0 Å². The van der Waals surface area contributed by atoms with Crippen LogP contribution in [-0.2, 0) is 0 Å². The van der Waals surface area contributed by atoms with Crippen LogP contribution < -0.4 is 5.32 Å². The first kappa shape index (κ1) is 22.5. The Balaban J connectivity index is 1.75. The summed E-state index contributed by atoms with van der Waals surface area (Å²) in [6.45, 7) is 0. The molecule has 4 rings (SSSR count). The molecule has 0 saturated heterocycles. The van der Waals surface area contributed by atoms with Crippen LogP contribution in [0.4, 0.5) is 18.9 Å². The number of anilines is 1. The fraction of sp³-hybridized carbons (Fsp3) is 0.125. The number of carbonyl (C=O) groups is 2. The van der Waals surface area contributed by atoms with E-state index in [4.69, 9.17) is 22.1 Å². The number of benzene rings is 3. The summed E-state index contributed by atoms with van der Waals surface area (Å²) in [6, 6.07) is 9.68. The summed E-state index contributed by atoms with van der Waals surface area (Å²) >= 11 is 6.25. The van der Waals surface area contributed by atoms with Crippen LogP contribution in [0.3, 0.4) is 0 Å². The van der Waals surface area contributed by atoms with Crippen molar-refractivity contribution in [3.05, 3.63) is 98.8 Å². The van der Waals surface area contributed by atoms with Gasteiger partial charge in [-0.25, -0.2) is 18.0 Å². The van der Waals surface area contributed by atoms with E-state index in [9.17, 15) is 22.8 Å². The zero-order chi connectivity index (χ0) is 23.9. The smallest absolute Gasteiger partial charge is 0.335 e. The molecular weight excluding hydrogens is 457 g/mol. The zero-order valence-corrected chi connectivity index (χ0v) is 17.6. The van der Waals surface area contributed by atoms with E-state index in [1.807, 2.05) is 0 Å². The van der Waals surface area contributed by atoms with Gasteiger partial charge in [-0.15, -0.1) is 0 Å². The van der Waals surface area contributed by atoms with E-state index >= 15 is 0 Å². The van der Waals surface area contributed by atoms with Crippen molar-refractivity contribution < 1.29 is 27.9 Å². The normalized spacial score (nSPS) is 13.0. The monoisotopic (exact) mass is 472 g/mol. The second-order valence-electron chi connectivity index (χ2n) is 7.59. The molecule has 168 valence electrons. The molecule has 0 aromatic heterocycles. The highest BCUT2D eigenvalue weighted by atomic mass is 35.5. The van der Waals surface area contributed by atoms with Crippen LogP contribution in [0.5, 0.6) is 0 Å². The fourth-order valence-electron chi connectivity index (χ4n) is 3.64. The van der Waals surface area contributed by atoms with Crippen molar-refractivity contribution in [2.45, 2.75) is 18.8 Å². The third kappa shape index (κ3) is 4.34. The number of carboxylic acids is 1. The van der Waals surface area contributed by atoms with Crippen molar-refractivity contribution >= 4 is 34.9 Å². The molecule has 0 unspecified atom stereocenters. The van der Waals surface area contributed by atoms with E-state index in [-0.39, 0.29) is 22.2 Å². The number of amides is 1. The highest BCUT2D eigenvalue weighted by Crippen LogP contribution is 2.43. The van der Waals surface area contributed by atoms with Gasteiger partial charge in [0.25, 0.3) is 5.91 Å². The van der Waals surface area contributed by atoms with Crippen LogP contribution in [0.25, 0.3) is 0 Å². The van der Waals surface area contributed by atoms with Gasteiger partial charge in [0.2, 0.25) is 0 Å². The minimum atomic E-state index is -1.56. The van der Waals surface area contributed by atoms with Gasteiger partial charge in [-0.3, -0.25) is 10.2 Å². The van der Waals surface area contributed by atoms with Gasteiger partial charge >= 0.3 is 5.97 Å². The molecule has 3 aromatic rings. The molecular formula is C24H16ClF3N2O3. The number of rotatable bonds is 6. The molecule has 0 heterocycles. The standard InChI is InChI=1S/C24H16ClF3N2O3/c25-14-4-1-3-13(11-7-8-11)19(14)23(31)30-18-6-2-5-15(26)21(18)22(29)20-16(27)9-12(24(32)33)10-17(20)28/h1-6,9-11,29H,7-8H2,(H,30,31)(H,32,33). The molecule has 1 aliphatic carbocycles. The summed E-state index contributed by atoms with van der Waals surface area (Å²) in [5.41, 5.74) is -2.25. The summed E-state index contributed by atoms with van der Waals surface area (Å²) in [6.07, 6.45) is 1.81. The Morgan fingerprint density at radius 2 is 1.58 bits per heavy atom. The summed E-state index contributed by atoms with van der Waals surface area (Å²) < 4.78 is 43.8. The Labute approximate surface area is 191 Å². The lowest BCUT2D eigenvalue weighted by molar-refractivity contribution is 0.0695. The van der Waals surface area contributed by atoms with Crippen molar-refractivity contribution in [2.75, 3.05) is 5.32 Å². The van der Waals surface area contributed by atoms with Gasteiger partial charge < -0.3 is 10.4 Å². The van der Waals surface area contributed by atoms with E-state index in [2.05, 4.69) is 5.32 Å². The topological polar surface area (TPSA) is 90.2 Å². The first-order valence-corrected chi connectivity index (χ1v) is 10.3. The number of nitrogens with one attached hydrogen (secondary N) is 2. The minimum Gasteiger partial charge on any atom is -0.478 e. The molecule has 1 saturated carbocycles. The maximum atomic E-state index is 14.7. The van der Waals surface area contributed by atoms with Crippen LogP contribution in [-0.4, -0.2) is 22.7 Å². The summed E-state index contributed by atoms with van der Waals surface area (Å²) in [5, 5.41) is 19.9. The number of carboxylic acid groups (broad SMARTS) is 1. The van der Waals surface area contributed by atoms with Crippen LogP contribution in [0.1, 0.15) is 56.2 Å². The lowest BCUT2D eigenvalue weighted by Gasteiger charge is -2.16. The molecule has 0 spiro atoms. The summed E-state index contributed by atoms with van der Waals surface area (Å²) in [7, 11) is 0. The highest BCUT2D eigenvalue weighted by molar-refractivity contribution is 6.34. The maximum Gasteiger partial charge on any atom is 0.335 e. The Morgan fingerprint density at radius 3 is 2.18 bits per heavy atom. The molecule has 1 aliphatic rings. The number of hydrogen-bond donors (Lipinski definition) is 3. The third-order valence-corrected chi connectivity index (χ3v) is 5.66. The number of aromatic carboxylic acids is 1. The van der Waals surface area contributed by atoms with Crippen molar-refractivity contribution in [3.8, 4) is 0 Å². The van der Waals surface area contributed by atoms with Crippen LogP contribution in [0.15, 0.2) is 48.5 Å². The molecule has 1 fully saturated rings. The maximum absolute atomic E-state index is 14.7. The molecule has 0 bridgehead atoms. The third-order valence-electron chi connectivity index (χ3n) is 5.34. The molecule has 9 heteroatoms. The van der Waals surface area contributed by atoms with E-state index in [1.165, 1.54) is 12.1 Å². The minimum absolute atomic E-state index is 0.186. The van der Waals surface area contributed by atoms with E-state index < -0.39 is 51.7 Å². The average Bonchev–Trinajstić information content (AvgIpc) is 3.58. The van der Waals surface area contributed by atoms with Gasteiger partial charge in [0.05, 0.1) is 38.7 Å². The highest BCUT2D eigenvalue weighted by Gasteiger charge is 2.30. The zero-order valence-electron chi connectivity index (χ0n) is 16.9. The van der Waals surface area contributed by atoms with Gasteiger partial charge in [0, 0.05) is 0 Å². The molecule has 0 atom stereocenters. The summed E-state index contributed by atoms with van der Waals surface area (Å²) in [4.78, 5) is 24.1.